The number of para-hydroxylation sites is 1. The van der Waals surface area contributed by atoms with Crippen molar-refractivity contribution < 1.29 is 18.9 Å². The average Bonchev–Trinajstić information content (AvgIpc) is 3.11. The molecule has 1 spiro atoms. The van der Waals surface area contributed by atoms with Gasteiger partial charge in [0.25, 0.3) is 11.6 Å². The second-order valence-corrected chi connectivity index (χ2v) is 7.98. The molecule has 2 aromatic rings. The summed E-state index contributed by atoms with van der Waals surface area (Å²) in [6.45, 7) is 2.68. The van der Waals surface area contributed by atoms with E-state index in [1.807, 2.05) is 30.3 Å². The molecule has 2 heterocycles. The number of halogens is 1. The van der Waals surface area contributed by atoms with E-state index < -0.39 is 27.9 Å². The number of nitro benzene ring substituents is 1. The molecule has 2 saturated heterocycles. The quantitative estimate of drug-likeness (QED) is 0.524. The van der Waals surface area contributed by atoms with Gasteiger partial charge in [-0.25, -0.2) is 4.39 Å². The third kappa shape index (κ3) is 4.13. The maximum absolute atomic E-state index is 13.3. The molecule has 32 heavy (non-hydrogen) atoms. The number of rotatable bonds is 6. The van der Waals surface area contributed by atoms with Crippen LogP contribution in [0.4, 0.5) is 15.8 Å². The standard InChI is InChI=1S/C22H24FN5O4/c23-16-6-7-18(19(14-16)28(31)32)20(29)24-10-13-26-11-8-22(9-12-26)21(30)25-15-27(22)17-4-2-1-3-5-17/h1-7,14H,8-13,15H2,(H,24,29)(H,25,30). The number of carbonyl (C=O) groups excluding carboxylic acids is 2. The van der Waals surface area contributed by atoms with Gasteiger partial charge in [0, 0.05) is 31.9 Å². The Morgan fingerprint density at radius 3 is 2.59 bits per heavy atom. The zero-order valence-electron chi connectivity index (χ0n) is 17.4. The number of likely N-dealkylation sites (tertiary alicyclic amines) is 1. The van der Waals surface area contributed by atoms with Crippen LogP contribution in [0.15, 0.2) is 48.5 Å². The smallest absolute Gasteiger partial charge is 0.285 e. The van der Waals surface area contributed by atoms with Crippen LogP contribution in [0.2, 0.25) is 0 Å². The van der Waals surface area contributed by atoms with Crippen LogP contribution in [0.3, 0.4) is 0 Å². The SMILES string of the molecule is O=C(NCCN1CCC2(CC1)C(=O)NCN2c1ccccc1)c1ccc(F)cc1[N+](=O)[O-]. The maximum atomic E-state index is 13.3. The van der Waals surface area contributed by atoms with E-state index in [1.165, 1.54) is 0 Å². The van der Waals surface area contributed by atoms with E-state index in [4.69, 9.17) is 0 Å². The number of hydrogen-bond acceptors (Lipinski definition) is 6. The second kappa shape index (κ2) is 8.91. The summed E-state index contributed by atoms with van der Waals surface area (Å²) in [6, 6.07) is 12.7. The number of hydrogen-bond donors (Lipinski definition) is 2. The lowest BCUT2D eigenvalue weighted by atomic mass is 9.85. The van der Waals surface area contributed by atoms with Crippen molar-refractivity contribution in [3.63, 3.8) is 0 Å². The fourth-order valence-electron chi connectivity index (χ4n) is 4.45. The van der Waals surface area contributed by atoms with Gasteiger partial charge in [-0.3, -0.25) is 19.7 Å². The molecule has 0 saturated carbocycles. The molecule has 9 nitrogen and oxygen atoms in total. The van der Waals surface area contributed by atoms with E-state index in [0.717, 1.165) is 23.9 Å². The van der Waals surface area contributed by atoms with E-state index in [0.29, 0.717) is 39.1 Å². The summed E-state index contributed by atoms with van der Waals surface area (Å²) in [4.78, 5) is 39.7. The van der Waals surface area contributed by atoms with Gasteiger partial charge in [-0.05, 0) is 37.1 Å². The van der Waals surface area contributed by atoms with Crippen LogP contribution >= 0.6 is 0 Å². The van der Waals surface area contributed by atoms with Gasteiger partial charge in [0.1, 0.15) is 16.9 Å². The Balaban J connectivity index is 1.33. The van der Waals surface area contributed by atoms with Crippen LogP contribution in [-0.4, -0.2) is 60.0 Å². The van der Waals surface area contributed by atoms with Crippen LogP contribution in [0.1, 0.15) is 23.2 Å². The Morgan fingerprint density at radius 1 is 1.19 bits per heavy atom. The predicted molar refractivity (Wildman–Crippen MR) is 116 cm³/mol. The highest BCUT2D eigenvalue weighted by Gasteiger charge is 2.50. The molecule has 2 aliphatic heterocycles. The Morgan fingerprint density at radius 2 is 1.91 bits per heavy atom. The third-order valence-corrected chi connectivity index (χ3v) is 6.20. The van der Waals surface area contributed by atoms with E-state index in [-0.39, 0.29) is 18.0 Å². The Labute approximate surface area is 184 Å². The van der Waals surface area contributed by atoms with E-state index in [2.05, 4.69) is 20.4 Å². The molecule has 4 rings (SSSR count). The molecule has 2 aliphatic rings. The van der Waals surface area contributed by atoms with Gasteiger partial charge in [-0.1, -0.05) is 18.2 Å². The molecular formula is C22H24FN5O4. The lowest BCUT2D eigenvalue weighted by Gasteiger charge is -2.43. The highest BCUT2D eigenvalue weighted by molar-refractivity contribution is 5.98. The molecule has 2 aromatic carbocycles. The fraction of sp³-hybridized carbons (Fsp3) is 0.364. The Hall–Kier alpha value is -3.53. The number of piperidine rings is 1. The third-order valence-electron chi connectivity index (χ3n) is 6.20. The number of anilines is 1. The molecule has 0 aromatic heterocycles. The van der Waals surface area contributed by atoms with E-state index in [1.54, 1.807) is 0 Å². The highest BCUT2D eigenvalue weighted by atomic mass is 19.1. The number of nitrogens with zero attached hydrogens (tertiary/aromatic N) is 3. The van der Waals surface area contributed by atoms with Gasteiger partial charge in [-0.2, -0.15) is 0 Å². The normalized spacial score (nSPS) is 17.9. The first-order valence-corrected chi connectivity index (χ1v) is 10.5. The van der Waals surface area contributed by atoms with Crippen LogP contribution < -0.4 is 15.5 Å². The largest absolute Gasteiger partial charge is 0.351 e. The summed E-state index contributed by atoms with van der Waals surface area (Å²) >= 11 is 0. The topological polar surface area (TPSA) is 108 Å². The summed E-state index contributed by atoms with van der Waals surface area (Å²) in [5, 5.41) is 16.7. The zero-order chi connectivity index (χ0) is 22.7. The maximum Gasteiger partial charge on any atom is 0.285 e. The minimum absolute atomic E-state index is 0.0397. The molecule has 0 bridgehead atoms. The zero-order valence-corrected chi connectivity index (χ0v) is 17.4. The molecule has 0 atom stereocenters. The van der Waals surface area contributed by atoms with Crippen molar-refractivity contribution >= 4 is 23.2 Å². The minimum Gasteiger partial charge on any atom is -0.351 e. The summed E-state index contributed by atoms with van der Waals surface area (Å²) < 4.78 is 13.3. The lowest BCUT2D eigenvalue weighted by Crippen LogP contribution is -2.57. The van der Waals surface area contributed by atoms with Crippen LogP contribution in [0.25, 0.3) is 0 Å². The molecular weight excluding hydrogens is 417 g/mol. The molecule has 2 amide bonds. The van der Waals surface area contributed by atoms with Crippen LogP contribution in [0.5, 0.6) is 0 Å². The van der Waals surface area contributed by atoms with Crippen LogP contribution in [-0.2, 0) is 4.79 Å². The fourth-order valence-corrected chi connectivity index (χ4v) is 4.45. The van der Waals surface area contributed by atoms with Gasteiger partial charge in [-0.15, -0.1) is 0 Å². The molecule has 0 unspecified atom stereocenters. The van der Waals surface area contributed by atoms with Crippen molar-refractivity contribution in [3.8, 4) is 0 Å². The van der Waals surface area contributed by atoms with Gasteiger partial charge >= 0.3 is 0 Å². The van der Waals surface area contributed by atoms with Gasteiger partial charge in [0.05, 0.1) is 17.7 Å². The Bertz CT molecular complexity index is 1020. The molecule has 0 radical (unpaired) electrons. The molecule has 2 fully saturated rings. The average molecular weight is 441 g/mol. The minimum atomic E-state index is -0.771. The van der Waals surface area contributed by atoms with Gasteiger partial charge < -0.3 is 20.4 Å². The summed E-state index contributed by atoms with van der Waals surface area (Å²) in [5.41, 5.74) is -0.297. The highest BCUT2D eigenvalue weighted by Crippen LogP contribution is 2.36. The Kier molecular flexibility index (Phi) is 6.04. The molecule has 10 heteroatoms. The summed E-state index contributed by atoms with van der Waals surface area (Å²) in [6.07, 6.45) is 1.32. The van der Waals surface area contributed by atoms with Crippen molar-refractivity contribution in [2.24, 2.45) is 0 Å². The lowest BCUT2D eigenvalue weighted by molar-refractivity contribution is -0.385. The molecule has 0 aliphatic carbocycles. The number of benzene rings is 2. The monoisotopic (exact) mass is 441 g/mol. The molecule has 168 valence electrons. The number of nitrogens with one attached hydrogen (secondary N) is 2. The first-order valence-electron chi connectivity index (χ1n) is 10.5. The molecule has 2 N–H and O–H groups in total. The summed E-state index contributed by atoms with van der Waals surface area (Å²) in [7, 11) is 0. The van der Waals surface area contributed by atoms with E-state index in [9.17, 15) is 24.1 Å². The van der Waals surface area contributed by atoms with Crippen molar-refractivity contribution in [2.45, 2.75) is 18.4 Å². The second-order valence-electron chi connectivity index (χ2n) is 7.98. The van der Waals surface area contributed by atoms with E-state index >= 15 is 0 Å². The number of carbonyl (C=O) groups is 2. The first kappa shape index (κ1) is 21.7. The van der Waals surface area contributed by atoms with Crippen LogP contribution in [0, 0.1) is 15.9 Å². The number of amides is 2. The summed E-state index contributed by atoms with van der Waals surface area (Å²) in [5.74, 6) is -1.34. The van der Waals surface area contributed by atoms with Gasteiger partial charge in [0.2, 0.25) is 5.91 Å². The predicted octanol–water partition coefficient (Wildman–Crippen LogP) is 1.89. The number of nitro groups is 1. The first-order chi connectivity index (χ1) is 15.4. The van der Waals surface area contributed by atoms with Crippen molar-refractivity contribution in [1.29, 1.82) is 0 Å². The van der Waals surface area contributed by atoms with Crippen molar-refractivity contribution in [1.82, 2.24) is 15.5 Å². The van der Waals surface area contributed by atoms with Gasteiger partial charge in [0.15, 0.2) is 0 Å². The van der Waals surface area contributed by atoms with Crippen molar-refractivity contribution in [3.05, 3.63) is 70.0 Å². The van der Waals surface area contributed by atoms with Crippen molar-refractivity contribution in [2.75, 3.05) is 37.7 Å².